The van der Waals surface area contributed by atoms with Crippen LogP contribution in [0.4, 0.5) is 0 Å². The van der Waals surface area contributed by atoms with E-state index in [1.165, 1.54) is 0 Å². The summed E-state index contributed by atoms with van der Waals surface area (Å²) in [6.45, 7) is 5.51. The zero-order chi connectivity index (χ0) is 10.9. The topological polar surface area (TPSA) is 47.6 Å². The molecule has 0 bridgehead atoms. The van der Waals surface area contributed by atoms with Crippen molar-refractivity contribution in [2.24, 2.45) is 5.92 Å². The molecule has 0 aromatic heterocycles. The van der Waals surface area contributed by atoms with Crippen LogP contribution in [0.1, 0.15) is 26.2 Å². The van der Waals surface area contributed by atoms with Crippen molar-refractivity contribution in [1.82, 2.24) is 5.32 Å². The first-order valence-electron chi connectivity index (χ1n) is 5.77. The molecule has 0 aromatic rings. The molecule has 15 heavy (non-hydrogen) atoms. The Morgan fingerprint density at radius 3 is 3.00 bits per heavy atom. The predicted octanol–water partition coefficient (Wildman–Crippen LogP) is 0.956. The Morgan fingerprint density at radius 1 is 1.47 bits per heavy atom. The maximum atomic E-state index is 11.4. The Morgan fingerprint density at radius 2 is 2.33 bits per heavy atom. The van der Waals surface area contributed by atoms with Gasteiger partial charge >= 0.3 is 5.97 Å². The van der Waals surface area contributed by atoms with E-state index < -0.39 is 0 Å². The van der Waals surface area contributed by atoms with Crippen LogP contribution in [0.2, 0.25) is 0 Å². The highest BCUT2D eigenvalue weighted by Gasteiger charge is 2.17. The standard InChI is InChI=1S/C11H21NO3/c1-2-14-6-7-15-11(13)8-10-4-3-5-12-9-10/h10,12H,2-9H2,1H3. The molecule has 1 atom stereocenters. The van der Waals surface area contributed by atoms with Crippen LogP contribution in [0.5, 0.6) is 0 Å². The lowest BCUT2D eigenvalue weighted by Crippen LogP contribution is -2.31. The highest BCUT2D eigenvalue weighted by atomic mass is 16.6. The fourth-order valence-electron chi connectivity index (χ4n) is 1.75. The minimum Gasteiger partial charge on any atom is -0.463 e. The Bertz CT molecular complexity index is 179. The van der Waals surface area contributed by atoms with E-state index in [9.17, 15) is 4.79 Å². The van der Waals surface area contributed by atoms with Crippen LogP contribution in [-0.4, -0.2) is 38.9 Å². The number of carbonyl (C=O) groups is 1. The number of piperidine rings is 1. The van der Waals surface area contributed by atoms with Crippen LogP contribution in [0.3, 0.4) is 0 Å². The molecule has 1 rings (SSSR count). The quantitative estimate of drug-likeness (QED) is 0.529. The molecule has 4 nitrogen and oxygen atoms in total. The number of nitrogens with one attached hydrogen (secondary N) is 1. The molecule has 1 fully saturated rings. The molecule has 0 aliphatic carbocycles. The molecule has 1 heterocycles. The first kappa shape index (κ1) is 12.5. The zero-order valence-corrected chi connectivity index (χ0v) is 9.46. The lowest BCUT2D eigenvalue weighted by atomic mass is 9.96. The van der Waals surface area contributed by atoms with Crippen molar-refractivity contribution in [3.63, 3.8) is 0 Å². The average Bonchev–Trinajstić information content (AvgIpc) is 2.26. The third kappa shape index (κ3) is 5.74. The molecule has 0 aromatic carbocycles. The molecule has 0 spiro atoms. The Labute approximate surface area is 91.3 Å². The minimum absolute atomic E-state index is 0.0941. The predicted molar refractivity (Wildman–Crippen MR) is 57.7 cm³/mol. The van der Waals surface area contributed by atoms with Gasteiger partial charge < -0.3 is 14.8 Å². The lowest BCUT2D eigenvalue weighted by molar-refractivity contribution is -0.146. The summed E-state index contributed by atoms with van der Waals surface area (Å²) in [5.74, 6) is 0.363. The summed E-state index contributed by atoms with van der Waals surface area (Å²) in [4.78, 5) is 11.4. The van der Waals surface area contributed by atoms with E-state index in [-0.39, 0.29) is 5.97 Å². The first-order chi connectivity index (χ1) is 7.33. The van der Waals surface area contributed by atoms with Gasteiger partial charge in [-0.25, -0.2) is 0 Å². The summed E-state index contributed by atoms with van der Waals surface area (Å²) in [5.41, 5.74) is 0. The first-order valence-corrected chi connectivity index (χ1v) is 5.77. The zero-order valence-electron chi connectivity index (χ0n) is 9.46. The van der Waals surface area contributed by atoms with Crippen molar-refractivity contribution in [1.29, 1.82) is 0 Å². The average molecular weight is 215 g/mol. The molecule has 0 saturated carbocycles. The van der Waals surface area contributed by atoms with Gasteiger partial charge in [-0.1, -0.05) is 0 Å². The van der Waals surface area contributed by atoms with Gasteiger partial charge in [-0.05, 0) is 38.8 Å². The summed E-state index contributed by atoms with van der Waals surface area (Å²) in [6, 6.07) is 0. The van der Waals surface area contributed by atoms with Gasteiger partial charge in [0.15, 0.2) is 0 Å². The summed E-state index contributed by atoms with van der Waals surface area (Å²) in [7, 11) is 0. The van der Waals surface area contributed by atoms with Crippen LogP contribution in [0.25, 0.3) is 0 Å². The maximum absolute atomic E-state index is 11.4. The van der Waals surface area contributed by atoms with Gasteiger partial charge in [-0.3, -0.25) is 4.79 Å². The molecule has 1 unspecified atom stereocenters. The molecule has 1 aliphatic rings. The molecule has 88 valence electrons. The van der Waals surface area contributed by atoms with E-state index in [1.54, 1.807) is 0 Å². The second kappa shape index (κ2) is 7.65. The van der Waals surface area contributed by atoms with E-state index in [1.807, 2.05) is 6.92 Å². The number of rotatable bonds is 6. The third-order valence-electron chi connectivity index (χ3n) is 2.55. The van der Waals surface area contributed by atoms with E-state index in [4.69, 9.17) is 9.47 Å². The summed E-state index contributed by atoms with van der Waals surface area (Å²) < 4.78 is 10.1. The van der Waals surface area contributed by atoms with Crippen molar-refractivity contribution in [3.05, 3.63) is 0 Å². The Kier molecular flexibility index (Phi) is 6.36. The summed E-state index contributed by atoms with van der Waals surface area (Å²) >= 11 is 0. The minimum atomic E-state index is -0.0941. The Hall–Kier alpha value is -0.610. The molecule has 1 N–H and O–H groups in total. The number of ether oxygens (including phenoxy) is 2. The van der Waals surface area contributed by atoms with Gasteiger partial charge in [0.1, 0.15) is 6.61 Å². The monoisotopic (exact) mass is 215 g/mol. The molecule has 4 heteroatoms. The number of hydrogen-bond donors (Lipinski definition) is 1. The molecule has 0 amide bonds. The van der Waals surface area contributed by atoms with Gasteiger partial charge in [0.25, 0.3) is 0 Å². The van der Waals surface area contributed by atoms with Crippen molar-refractivity contribution in [2.45, 2.75) is 26.2 Å². The SMILES string of the molecule is CCOCCOC(=O)CC1CCCNC1. The van der Waals surface area contributed by atoms with E-state index in [0.717, 1.165) is 25.9 Å². The third-order valence-corrected chi connectivity index (χ3v) is 2.55. The van der Waals surface area contributed by atoms with Crippen molar-refractivity contribution in [2.75, 3.05) is 32.9 Å². The normalized spacial score (nSPS) is 21.3. The number of hydrogen-bond acceptors (Lipinski definition) is 4. The van der Waals surface area contributed by atoms with E-state index in [0.29, 0.717) is 32.2 Å². The number of carbonyl (C=O) groups excluding carboxylic acids is 1. The summed E-state index contributed by atoms with van der Waals surface area (Å²) in [5, 5.41) is 3.28. The largest absolute Gasteiger partial charge is 0.463 e. The molecular formula is C11H21NO3. The highest BCUT2D eigenvalue weighted by Crippen LogP contribution is 2.14. The van der Waals surface area contributed by atoms with Crippen molar-refractivity contribution in [3.8, 4) is 0 Å². The lowest BCUT2D eigenvalue weighted by Gasteiger charge is -2.21. The van der Waals surface area contributed by atoms with Crippen molar-refractivity contribution < 1.29 is 14.3 Å². The van der Waals surface area contributed by atoms with Gasteiger partial charge in [-0.2, -0.15) is 0 Å². The van der Waals surface area contributed by atoms with Crippen LogP contribution in [0.15, 0.2) is 0 Å². The fraction of sp³-hybridized carbons (Fsp3) is 0.909. The van der Waals surface area contributed by atoms with Gasteiger partial charge in [0, 0.05) is 13.0 Å². The van der Waals surface area contributed by atoms with Gasteiger partial charge in [-0.15, -0.1) is 0 Å². The van der Waals surface area contributed by atoms with E-state index in [2.05, 4.69) is 5.32 Å². The second-order valence-corrected chi connectivity index (χ2v) is 3.83. The molecular weight excluding hydrogens is 194 g/mol. The maximum Gasteiger partial charge on any atom is 0.306 e. The van der Waals surface area contributed by atoms with Gasteiger partial charge in [0.2, 0.25) is 0 Å². The molecule has 0 radical (unpaired) electrons. The highest BCUT2D eigenvalue weighted by molar-refractivity contribution is 5.69. The smallest absolute Gasteiger partial charge is 0.306 e. The second-order valence-electron chi connectivity index (χ2n) is 3.83. The van der Waals surface area contributed by atoms with Crippen LogP contribution < -0.4 is 5.32 Å². The Balaban J connectivity index is 2.01. The number of esters is 1. The van der Waals surface area contributed by atoms with E-state index >= 15 is 0 Å². The van der Waals surface area contributed by atoms with Crippen LogP contribution >= 0.6 is 0 Å². The van der Waals surface area contributed by atoms with Crippen LogP contribution in [0, 0.1) is 5.92 Å². The van der Waals surface area contributed by atoms with Gasteiger partial charge in [0.05, 0.1) is 6.61 Å². The molecule has 1 saturated heterocycles. The fourth-order valence-corrected chi connectivity index (χ4v) is 1.75. The summed E-state index contributed by atoms with van der Waals surface area (Å²) in [6.07, 6.45) is 2.84. The van der Waals surface area contributed by atoms with Crippen LogP contribution in [-0.2, 0) is 14.3 Å². The molecule has 1 aliphatic heterocycles. The van der Waals surface area contributed by atoms with Crippen molar-refractivity contribution >= 4 is 5.97 Å².